The minimum Gasteiger partial charge on any atom is -0.850 e. The number of halogens is 12. The van der Waals surface area contributed by atoms with E-state index in [2.05, 4.69) is 129 Å². The predicted octanol–water partition coefficient (Wildman–Crippen LogP) is 8.71. The van der Waals surface area contributed by atoms with Crippen molar-refractivity contribution in [1.82, 2.24) is 73.9 Å². The van der Waals surface area contributed by atoms with E-state index in [9.17, 15) is 71.3 Å². The van der Waals surface area contributed by atoms with Crippen LogP contribution in [0.1, 0.15) is 51.0 Å². The first-order chi connectivity index (χ1) is 41.3. The second-order valence-corrected chi connectivity index (χ2v) is 18.7. The van der Waals surface area contributed by atoms with Gasteiger partial charge >= 0.3 is 55.9 Å². The van der Waals surface area contributed by atoms with Gasteiger partial charge in [-0.05, 0) is 89.3 Å². The monoisotopic (exact) mass is 1370 g/mol. The van der Waals surface area contributed by atoms with Crippen LogP contribution in [0.2, 0.25) is 0 Å². The van der Waals surface area contributed by atoms with Gasteiger partial charge in [0.15, 0.2) is 0 Å². The molecule has 0 fully saturated rings. The van der Waals surface area contributed by atoms with Crippen LogP contribution in [0.4, 0.5) is 51.8 Å². The molecule has 4 heterocycles. The number of rotatable bonds is 19. The summed E-state index contributed by atoms with van der Waals surface area (Å²) in [5.74, 6) is 3.82. The van der Waals surface area contributed by atoms with Gasteiger partial charge in [-0.1, -0.05) is 48.5 Å². The van der Waals surface area contributed by atoms with Crippen LogP contribution < -0.4 is 16.3 Å². The molecule has 90 heavy (non-hydrogen) atoms. The van der Waals surface area contributed by atoms with Crippen molar-refractivity contribution in [3.63, 3.8) is 0 Å². The average molecular weight is 1370 g/mol. The fourth-order valence-corrected chi connectivity index (χ4v) is 8.20. The Morgan fingerprint density at radius 2 is 0.556 bits per heavy atom. The predicted molar refractivity (Wildman–Crippen MR) is 314 cm³/mol. The van der Waals surface area contributed by atoms with E-state index in [0.29, 0.717) is 39.3 Å². The molecule has 0 unspecified atom stereocenters. The zero-order valence-corrected chi connectivity index (χ0v) is 53.0. The molecular weight excluding hydrogens is 1300 g/mol. The van der Waals surface area contributed by atoms with Gasteiger partial charge in [0.25, 0.3) is 0 Å². The van der Waals surface area contributed by atoms with Crippen LogP contribution in [-0.2, 0) is 101 Å². The average Bonchev–Trinajstić information content (AvgIpc) is 3.03. The first kappa shape index (κ1) is 86.8. The van der Waals surface area contributed by atoms with Crippen LogP contribution in [0.15, 0.2) is 97.1 Å². The summed E-state index contributed by atoms with van der Waals surface area (Å²) < 4.78 is 126. The molecule has 8 aromatic rings. The number of para-hydroxylation sites is 8. The second kappa shape index (κ2) is 44.2. The largest absolute Gasteiger partial charge is 3.00 e. The van der Waals surface area contributed by atoms with E-state index in [1.54, 1.807) is 42.3 Å². The van der Waals surface area contributed by atoms with E-state index in [1.807, 2.05) is 24.3 Å². The van der Waals surface area contributed by atoms with E-state index in [0.717, 1.165) is 113 Å². The van der Waals surface area contributed by atoms with E-state index >= 15 is 0 Å². The van der Waals surface area contributed by atoms with Gasteiger partial charge in [0.2, 0.25) is 19.2 Å². The maximum atomic E-state index is 14.6. The van der Waals surface area contributed by atoms with Crippen molar-refractivity contribution in [3.8, 4) is 0 Å². The summed E-state index contributed by atoms with van der Waals surface area (Å²) in [5.41, 5.74) is 19.8. The van der Waals surface area contributed by atoms with Crippen LogP contribution in [0.25, 0.3) is 44.1 Å². The summed E-state index contributed by atoms with van der Waals surface area (Å²) in [6.45, 7) is 14.6. The Hall–Kier alpha value is -7.36. The standard InChI is InChI=1S/C43H49N10O.3C3H7NO.3BF4.2Fe.2NO/c1-5-50-36-21-13-9-17-32(36)44-40(50)27-48(28-41-45-33-18-10-14-22-37(33)51(41)6-2)25-31(54)26-49(29-42-46-34-19-11-15-23-38(34)52(42)7-3)30-43-47-35-20-12-16-24-39(35)53(43)8-4;3*1-4(2)3-5;3*2-1(3,4)5;;;2*1-2/h9-24,31H,5-8,25-30H2,1-4H3;3*3H,1-2H3;;;;;;;/q-1;;;;3*-1;2*+3;;. The number of nitroso groups, excluding NO2 is 2. The summed E-state index contributed by atoms with van der Waals surface area (Å²) in [4.78, 5) is 71.9. The second-order valence-electron chi connectivity index (χ2n) is 18.7. The van der Waals surface area contributed by atoms with E-state index in [4.69, 9.17) is 40.9 Å². The van der Waals surface area contributed by atoms with Crippen LogP contribution in [-0.4, -0.2) is 165 Å². The van der Waals surface area contributed by atoms with Gasteiger partial charge in [0.1, 0.15) is 34.5 Å². The summed E-state index contributed by atoms with van der Waals surface area (Å²) in [6, 6.07) is 33.1. The molecule has 4 radical (unpaired) electrons. The van der Waals surface area contributed by atoms with Gasteiger partial charge < -0.3 is 89.9 Å². The van der Waals surface area contributed by atoms with Crippen LogP contribution in [0.3, 0.4) is 0 Å². The smallest absolute Gasteiger partial charge is 0.850 e. The van der Waals surface area contributed by atoms with E-state index < -0.39 is 27.9 Å². The van der Waals surface area contributed by atoms with Gasteiger partial charge in [-0.25, -0.2) is 19.9 Å². The van der Waals surface area contributed by atoms with E-state index in [1.165, 1.54) is 14.7 Å². The van der Waals surface area contributed by atoms with Gasteiger partial charge in [0.05, 0.1) is 70.3 Å². The SMILES string of the molecule is CCn1c(CN(Cc2nc3ccccc3n2CC)CC([O-])CN(Cc2nc3ccccc3n2CC)Cc2nc3ccccc3n2CC)nc2ccccc21.CN(C)C=O.CN(C)C=O.CN(C)C=O.F[B-](F)(F)F.F[B-](F)(F)F.F[B-](F)(F)F.[Fe+3].[Fe+3].[N]=O.[N]=O. The molecule has 38 heteroatoms. The van der Waals surface area contributed by atoms with Crippen molar-refractivity contribution in [2.75, 3.05) is 55.4 Å². The van der Waals surface area contributed by atoms with Crippen molar-refractivity contribution < 1.29 is 105 Å². The molecule has 0 N–H and O–H groups in total. The zero-order chi connectivity index (χ0) is 67.5. The first-order valence-corrected chi connectivity index (χ1v) is 26.5. The third-order valence-electron chi connectivity index (χ3n) is 11.2. The fraction of sp³-hybridized carbons (Fsp3) is 0.404. The molecule has 496 valence electrons. The molecular formula is C52H70B3F12Fe2N15O6+2. The number of fused-ring (bicyclic) bond motifs is 4. The van der Waals surface area contributed by atoms with Gasteiger partial charge in [-0.2, -0.15) is 0 Å². The molecule has 21 nitrogen and oxygen atoms in total. The molecule has 0 aliphatic heterocycles. The topological polar surface area (TPSA) is 240 Å². The molecule has 0 bridgehead atoms. The minimum absolute atomic E-state index is 0. The first-order valence-electron chi connectivity index (χ1n) is 26.5. The third-order valence-corrected chi connectivity index (χ3v) is 11.2. The number of hydrogen-bond donors (Lipinski definition) is 0. The number of carbonyl (C=O) groups is 3. The Bertz CT molecular complexity index is 2870. The molecule has 0 atom stereocenters. The number of hydrogen-bond acceptors (Lipinski definition) is 12. The number of carbonyl (C=O) groups excluding carboxylic acids is 3. The van der Waals surface area contributed by atoms with Crippen LogP contribution in [0.5, 0.6) is 0 Å². The third kappa shape index (κ3) is 34.0. The Balaban J connectivity index is -0.00000174. The Labute approximate surface area is 533 Å². The Morgan fingerprint density at radius 1 is 0.400 bits per heavy atom. The van der Waals surface area contributed by atoms with Gasteiger partial charge in [0, 0.05) is 68.5 Å². The normalized spacial score (nSPS) is 10.6. The Kier molecular flexibility index (Phi) is 42.6. The number of imidazole rings is 4. The molecule has 0 saturated carbocycles. The number of nitrogens with zero attached hydrogens (tertiary/aromatic N) is 15. The zero-order valence-electron chi connectivity index (χ0n) is 50.8. The summed E-state index contributed by atoms with van der Waals surface area (Å²) in [7, 11) is -7.88. The summed E-state index contributed by atoms with van der Waals surface area (Å²) in [5, 5.41) is 14.6. The molecule has 3 amide bonds. The minimum atomic E-state index is -6.00. The van der Waals surface area contributed by atoms with Crippen molar-refractivity contribution in [3.05, 3.63) is 130 Å². The molecule has 0 aliphatic rings. The van der Waals surface area contributed by atoms with Crippen LogP contribution >= 0.6 is 0 Å². The van der Waals surface area contributed by atoms with Crippen molar-refractivity contribution in [2.45, 2.75) is 86.2 Å². The molecule has 4 aromatic heterocycles. The maximum absolute atomic E-state index is 14.6. The number of aryl methyl sites for hydroxylation is 4. The molecule has 4 aromatic carbocycles. The maximum Gasteiger partial charge on any atom is 3.00 e. The van der Waals surface area contributed by atoms with Crippen molar-refractivity contribution in [2.24, 2.45) is 0 Å². The Morgan fingerprint density at radius 3 is 0.700 bits per heavy atom. The fourth-order valence-electron chi connectivity index (χ4n) is 8.20. The molecule has 8 rings (SSSR count). The molecule has 0 aliphatic carbocycles. The van der Waals surface area contributed by atoms with Crippen molar-refractivity contribution >= 4 is 85.1 Å². The van der Waals surface area contributed by atoms with E-state index in [-0.39, 0.29) is 34.1 Å². The summed E-state index contributed by atoms with van der Waals surface area (Å²) in [6.07, 6.45) is 1.32. The van der Waals surface area contributed by atoms with Crippen LogP contribution in [0, 0.1) is 9.81 Å². The number of benzene rings is 4. The quantitative estimate of drug-likeness (QED) is 0.0419. The van der Waals surface area contributed by atoms with Gasteiger partial charge in [-0.15, -0.1) is 15.9 Å². The summed E-state index contributed by atoms with van der Waals surface area (Å²) >= 11 is 0. The van der Waals surface area contributed by atoms with Gasteiger partial charge in [-0.3, -0.25) is 24.2 Å². The number of aromatic nitrogens is 8. The molecule has 0 saturated heterocycles. The van der Waals surface area contributed by atoms with Crippen molar-refractivity contribution in [1.29, 1.82) is 0 Å². The number of amides is 3. The molecule has 0 spiro atoms.